The normalized spacial score (nSPS) is 13.9. The molecule has 0 bridgehead atoms. The number of hydrogen-bond donors (Lipinski definition) is 5. The highest BCUT2D eigenvalue weighted by Crippen LogP contribution is 2.46. The second-order valence-corrected chi connectivity index (χ2v) is 10.6. The summed E-state index contributed by atoms with van der Waals surface area (Å²) in [6, 6.07) is 13.1. The molecule has 0 saturated heterocycles. The molecule has 1 heterocycles. The Bertz CT molecular complexity index is 916. The number of nitrogens with two attached hydrogens (primary N) is 2. The van der Waals surface area contributed by atoms with E-state index in [4.69, 9.17) is 11.5 Å². The first-order valence-electron chi connectivity index (χ1n) is 13.8. The summed E-state index contributed by atoms with van der Waals surface area (Å²) >= 11 is 1.80. The molecule has 1 aliphatic rings. The Balaban J connectivity index is 1.84. The van der Waals surface area contributed by atoms with E-state index in [9.17, 15) is 0 Å². The van der Waals surface area contributed by atoms with Crippen molar-refractivity contribution in [3.05, 3.63) is 36.4 Å². The van der Waals surface area contributed by atoms with Gasteiger partial charge in [-0.05, 0) is 62.1 Å². The smallest absolute Gasteiger partial charge is 0.0786 e. The minimum atomic E-state index is -0.0908. The zero-order valence-corrected chi connectivity index (χ0v) is 23.5. The molecule has 0 radical (unpaired) electrons. The Morgan fingerprint density at radius 3 is 1.75 bits per heavy atom. The molecule has 2 aromatic carbocycles. The van der Waals surface area contributed by atoms with Crippen LogP contribution in [-0.2, 0) is 0 Å². The molecular formula is C28H47N7S. The maximum Gasteiger partial charge on any atom is 0.0786 e. The lowest BCUT2D eigenvalue weighted by atomic mass is 10.1. The summed E-state index contributed by atoms with van der Waals surface area (Å²) in [4.78, 5) is 4.61. The van der Waals surface area contributed by atoms with E-state index in [0.29, 0.717) is 0 Å². The molecule has 0 spiro atoms. The van der Waals surface area contributed by atoms with Crippen LogP contribution in [0.1, 0.15) is 79.1 Å². The third-order valence-electron chi connectivity index (χ3n) is 6.46. The molecule has 2 aromatic rings. The highest BCUT2D eigenvalue weighted by Gasteiger charge is 2.24. The van der Waals surface area contributed by atoms with Crippen molar-refractivity contribution < 1.29 is 0 Å². The van der Waals surface area contributed by atoms with Crippen LogP contribution in [-0.4, -0.2) is 25.4 Å². The Morgan fingerprint density at radius 1 is 0.750 bits per heavy atom. The molecular weight excluding hydrogens is 466 g/mol. The van der Waals surface area contributed by atoms with Crippen LogP contribution in [0.2, 0.25) is 0 Å². The Hall–Kier alpha value is -1.97. The fraction of sp³-hybridized carbons (Fsp3) is 0.571. The molecule has 200 valence electrons. The van der Waals surface area contributed by atoms with Crippen LogP contribution >= 0.6 is 11.8 Å². The van der Waals surface area contributed by atoms with Gasteiger partial charge in [0.05, 0.1) is 29.4 Å². The van der Waals surface area contributed by atoms with Crippen molar-refractivity contribution >= 4 is 34.5 Å². The van der Waals surface area contributed by atoms with Crippen LogP contribution in [0.5, 0.6) is 0 Å². The second-order valence-electron chi connectivity index (χ2n) is 9.57. The van der Waals surface area contributed by atoms with Crippen LogP contribution < -0.4 is 37.7 Å². The minimum absolute atomic E-state index is 0.0908. The molecule has 2 atom stereocenters. The van der Waals surface area contributed by atoms with Crippen LogP contribution in [0.3, 0.4) is 0 Å². The lowest BCUT2D eigenvalue weighted by molar-refractivity contribution is 0.468. The number of nitrogens with one attached hydrogen (secondary N) is 3. The van der Waals surface area contributed by atoms with Gasteiger partial charge in [-0.2, -0.15) is 0 Å². The van der Waals surface area contributed by atoms with Crippen LogP contribution in [0, 0.1) is 0 Å². The molecule has 0 amide bonds. The summed E-state index contributed by atoms with van der Waals surface area (Å²) in [5.74, 6) is 0. The standard InChI is InChI=1S/C28H47N7S/c1-5-9-17-31-35(32-18-10-6-2)22-14-16-24-26(20-22)36-25-19-21(13-15-23(25)33-24)34(27(29)11-7-3)28(30)12-8-4/h13-16,19-20,27-28,31-33H,5-12,17-18,29-30H2,1-4H3. The molecule has 7 N–H and O–H groups in total. The van der Waals surface area contributed by atoms with Crippen molar-refractivity contribution in [3.8, 4) is 0 Å². The number of hydrogen-bond acceptors (Lipinski definition) is 8. The molecule has 1 aliphatic heterocycles. The first-order chi connectivity index (χ1) is 17.5. The van der Waals surface area contributed by atoms with E-state index in [-0.39, 0.29) is 12.3 Å². The van der Waals surface area contributed by atoms with Crippen LogP contribution in [0.25, 0.3) is 0 Å². The average molecular weight is 514 g/mol. The van der Waals surface area contributed by atoms with Gasteiger partial charge < -0.3 is 21.7 Å². The number of rotatable bonds is 16. The van der Waals surface area contributed by atoms with E-state index >= 15 is 0 Å². The predicted molar refractivity (Wildman–Crippen MR) is 157 cm³/mol. The summed E-state index contributed by atoms with van der Waals surface area (Å²) in [5.41, 5.74) is 24.8. The van der Waals surface area contributed by atoms with E-state index in [1.165, 1.54) is 22.6 Å². The van der Waals surface area contributed by atoms with E-state index in [2.05, 4.69) is 90.3 Å². The molecule has 8 heteroatoms. The van der Waals surface area contributed by atoms with E-state index < -0.39 is 0 Å². The number of nitrogens with zero attached hydrogens (tertiary/aromatic N) is 2. The number of anilines is 4. The number of hydrazine groups is 2. The quantitative estimate of drug-likeness (QED) is 0.0867. The monoisotopic (exact) mass is 513 g/mol. The van der Waals surface area contributed by atoms with Crippen LogP contribution in [0.4, 0.5) is 22.7 Å². The SMILES string of the molecule is CCCCNN(NCCCC)c1ccc2c(c1)Sc1cc(N(C(N)CCC)C(N)CCC)ccc1N2. The average Bonchev–Trinajstić information content (AvgIpc) is 2.87. The fourth-order valence-corrected chi connectivity index (χ4v) is 5.49. The lowest BCUT2D eigenvalue weighted by Gasteiger charge is -2.37. The Kier molecular flexibility index (Phi) is 11.7. The first-order valence-corrected chi connectivity index (χ1v) is 14.6. The highest BCUT2D eigenvalue weighted by molar-refractivity contribution is 7.99. The number of benzene rings is 2. The van der Waals surface area contributed by atoms with E-state index in [1.54, 1.807) is 11.8 Å². The van der Waals surface area contributed by atoms with Gasteiger partial charge in [-0.3, -0.25) is 0 Å². The fourth-order valence-electron chi connectivity index (χ4n) is 4.43. The second kappa shape index (κ2) is 14.7. The maximum atomic E-state index is 6.60. The summed E-state index contributed by atoms with van der Waals surface area (Å²) in [5, 5.41) is 5.72. The van der Waals surface area contributed by atoms with Crippen molar-refractivity contribution in [3.63, 3.8) is 0 Å². The summed E-state index contributed by atoms with van der Waals surface area (Å²) in [6.07, 6.45) is 8.32. The van der Waals surface area contributed by atoms with Gasteiger partial charge in [0.2, 0.25) is 0 Å². The zero-order chi connectivity index (χ0) is 25.9. The van der Waals surface area contributed by atoms with Crippen molar-refractivity contribution in [2.45, 2.75) is 101 Å². The summed E-state index contributed by atoms with van der Waals surface area (Å²) in [6.45, 7) is 10.7. The third-order valence-corrected chi connectivity index (χ3v) is 7.58. The van der Waals surface area contributed by atoms with Crippen LogP contribution in [0.15, 0.2) is 46.2 Å². The number of unbranched alkanes of at least 4 members (excludes halogenated alkanes) is 2. The minimum Gasteiger partial charge on any atom is -0.354 e. The van der Waals surface area contributed by atoms with Gasteiger partial charge in [-0.1, -0.05) is 65.1 Å². The topological polar surface area (TPSA) is 94.6 Å². The maximum absolute atomic E-state index is 6.60. The highest BCUT2D eigenvalue weighted by atomic mass is 32.2. The molecule has 36 heavy (non-hydrogen) atoms. The largest absolute Gasteiger partial charge is 0.354 e. The van der Waals surface area contributed by atoms with E-state index in [1.807, 2.05) is 0 Å². The lowest BCUT2D eigenvalue weighted by Crippen LogP contribution is -2.52. The van der Waals surface area contributed by atoms with E-state index in [0.717, 1.165) is 74.4 Å². The molecule has 7 nitrogen and oxygen atoms in total. The summed E-state index contributed by atoms with van der Waals surface area (Å²) < 4.78 is 0. The molecule has 2 unspecified atom stereocenters. The van der Waals surface area contributed by atoms with Crippen molar-refractivity contribution in [2.24, 2.45) is 11.5 Å². The molecule has 0 saturated carbocycles. The van der Waals surface area contributed by atoms with Gasteiger partial charge in [0, 0.05) is 28.6 Å². The predicted octanol–water partition coefficient (Wildman–Crippen LogP) is 6.29. The number of fused-ring (bicyclic) bond motifs is 2. The van der Waals surface area contributed by atoms with Crippen molar-refractivity contribution in [1.82, 2.24) is 10.9 Å². The molecule has 3 rings (SSSR count). The van der Waals surface area contributed by atoms with Gasteiger partial charge >= 0.3 is 0 Å². The third kappa shape index (κ3) is 7.52. The molecule has 0 fully saturated rings. The molecule has 0 aliphatic carbocycles. The van der Waals surface area contributed by atoms with Gasteiger partial charge in [0.1, 0.15) is 0 Å². The van der Waals surface area contributed by atoms with Gasteiger partial charge in [0.25, 0.3) is 0 Å². The van der Waals surface area contributed by atoms with Gasteiger partial charge in [-0.15, -0.1) is 0 Å². The van der Waals surface area contributed by atoms with Gasteiger partial charge in [-0.25, -0.2) is 16.0 Å². The Labute approximate surface area is 222 Å². The first kappa shape index (κ1) is 28.6. The van der Waals surface area contributed by atoms with Gasteiger partial charge in [0.15, 0.2) is 0 Å². The van der Waals surface area contributed by atoms with Crippen molar-refractivity contribution in [2.75, 3.05) is 28.4 Å². The zero-order valence-electron chi connectivity index (χ0n) is 22.6. The van der Waals surface area contributed by atoms with Crippen molar-refractivity contribution in [1.29, 1.82) is 0 Å². The molecule has 0 aromatic heterocycles. The summed E-state index contributed by atoms with van der Waals surface area (Å²) in [7, 11) is 0. The Morgan fingerprint density at radius 2 is 1.25 bits per heavy atom.